The maximum atomic E-state index is 12.3. The van der Waals surface area contributed by atoms with Crippen molar-refractivity contribution in [2.45, 2.75) is 44.6 Å². The van der Waals surface area contributed by atoms with Crippen LogP contribution < -0.4 is 5.43 Å². The van der Waals surface area contributed by atoms with Crippen molar-refractivity contribution in [3.8, 4) is 0 Å². The first kappa shape index (κ1) is 13.0. The lowest BCUT2D eigenvalue weighted by Gasteiger charge is -2.29. The van der Waals surface area contributed by atoms with Crippen LogP contribution in [-0.4, -0.2) is 46.7 Å². The van der Waals surface area contributed by atoms with Gasteiger partial charge in [0.15, 0.2) is 0 Å². The first-order valence-corrected chi connectivity index (χ1v) is 6.49. The van der Waals surface area contributed by atoms with Gasteiger partial charge in [0.05, 0.1) is 6.61 Å². The molecule has 2 amide bonds. The van der Waals surface area contributed by atoms with Gasteiger partial charge in [-0.15, -0.1) is 0 Å². The molecule has 0 aromatic carbocycles. The van der Waals surface area contributed by atoms with Crippen molar-refractivity contribution >= 4 is 17.5 Å². The molecule has 2 aliphatic rings. The molecule has 100 valence electrons. The Balaban J connectivity index is 2.05. The van der Waals surface area contributed by atoms with Crippen LogP contribution in [0.25, 0.3) is 0 Å². The van der Waals surface area contributed by atoms with Crippen LogP contribution in [0.5, 0.6) is 0 Å². The van der Waals surface area contributed by atoms with Crippen LogP contribution in [0.2, 0.25) is 0 Å². The quantitative estimate of drug-likeness (QED) is 0.740. The lowest BCUT2D eigenvalue weighted by molar-refractivity contribution is -0.127. The van der Waals surface area contributed by atoms with E-state index in [1.54, 1.807) is 4.90 Å². The van der Waals surface area contributed by atoms with E-state index in [0.29, 0.717) is 25.1 Å². The van der Waals surface area contributed by atoms with Crippen LogP contribution in [0.3, 0.4) is 0 Å². The fraction of sp³-hybridized carbons (Fsp3) is 0.750. The van der Waals surface area contributed by atoms with Crippen LogP contribution in [0, 0.1) is 0 Å². The molecule has 0 bridgehead atoms. The van der Waals surface area contributed by atoms with Gasteiger partial charge in [-0.25, -0.2) is 5.43 Å². The van der Waals surface area contributed by atoms with Crippen molar-refractivity contribution in [3.63, 3.8) is 0 Å². The van der Waals surface area contributed by atoms with Gasteiger partial charge in [-0.2, -0.15) is 5.10 Å². The van der Waals surface area contributed by atoms with Crippen molar-refractivity contribution in [2.75, 3.05) is 13.2 Å². The maximum Gasteiger partial charge on any atom is 0.270 e. The topological polar surface area (TPSA) is 82.0 Å². The van der Waals surface area contributed by atoms with Gasteiger partial charge in [0.25, 0.3) is 5.91 Å². The number of amides is 2. The fourth-order valence-electron chi connectivity index (χ4n) is 2.57. The Morgan fingerprint density at radius 2 is 2.11 bits per heavy atom. The standard InChI is InChI=1S/C12H19N3O3/c16-8-7-15(9-3-1-2-4-9)12(18)10-5-6-11(17)14-13-10/h9,16H,1-8H2,(H,14,17). The molecule has 0 atom stereocenters. The molecule has 2 N–H and O–H groups in total. The zero-order valence-corrected chi connectivity index (χ0v) is 10.4. The third kappa shape index (κ3) is 2.87. The highest BCUT2D eigenvalue weighted by Crippen LogP contribution is 2.24. The van der Waals surface area contributed by atoms with E-state index in [1.807, 2.05) is 0 Å². The lowest BCUT2D eigenvalue weighted by Crippen LogP contribution is -2.46. The average Bonchev–Trinajstić information content (AvgIpc) is 2.90. The van der Waals surface area contributed by atoms with Gasteiger partial charge in [0, 0.05) is 25.4 Å². The molecule has 0 saturated heterocycles. The number of carbonyl (C=O) groups is 2. The summed E-state index contributed by atoms with van der Waals surface area (Å²) in [4.78, 5) is 25.0. The van der Waals surface area contributed by atoms with E-state index in [2.05, 4.69) is 10.5 Å². The number of rotatable bonds is 4. The van der Waals surface area contributed by atoms with Gasteiger partial charge in [0.1, 0.15) is 5.71 Å². The largest absolute Gasteiger partial charge is 0.395 e. The highest BCUT2D eigenvalue weighted by molar-refractivity contribution is 6.39. The molecule has 1 aliphatic carbocycles. The molecular formula is C12H19N3O3. The van der Waals surface area contributed by atoms with Crippen LogP contribution in [0.4, 0.5) is 0 Å². The smallest absolute Gasteiger partial charge is 0.270 e. The van der Waals surface area contributed by atoms with Gasteiger partial charge in [-0.05, 0) is 12.8 Å². The van der Waals surface area contributed by atoms with E-state index in [0.717, 1.165) is 25.7 Å². The summed E-state index contributed by atoms with van der Waals surface area (Å²) in [5, 5.41) is 12.9. The van der Waals surface area contributed by atoms with Gasteiger partial charge in [-0.1, -0.05) is 12.8 Å². The molecule has 0 spiro atoms. The molecule has 0 unspecified atom stereocenters. The summed E-state index contributed by atoms with van der Waals surface area (Å²) in [6, 6.07) is 0.213. The molecule has 0 radical (unpaired) electrons. The summed E-state index contributed by atoms with van der Waals surface area (Å²) < 4.78 is 0. The predicted octanol–water partition coefficient (Wildman–Crippen LogP) is 0.0159. The Morgan fingerprint density at radius 1 is 1.39 bits per heavy atom. The first-order chi connectivity index (χ1) is 8.72. The summed E-state index contributed by atoms with van der Waals surface area (Å²) >= 11 is 0. The Bertz CT molecular complexity index is 362. The first-order valence-electron chi connectivity index (χ1n) is 6.49. The minimum atomic E-state index is -0.152. The van der Waals surface area contributed by atoms with Gasteiger partial charge in [-0.3, -0.25) is 9.59 Å². The van der Waals surface area contributed by atoms with Gasteiger partial charge < -0.3 is 10.0 Å². The number of nitrogens with zero attached hydrogens (tertiary/aromatic N) is 2. The minimum Gasteiger partial charge on any atom is -0.395 e. The summed E-state index contributed by atoms with van der Waals surface area (Å²) in [6.07, 6.45) is 4.93. The third-order valence-electron chi connectivity index (χ3n) is 3.52. The van der Waals surface area contributed by atoms with Crippen molar-refractivity contribution in [1.29, 1.82) is 0 Å². The molecule has 0 aromatic heterocycles. The average molecular weight is 253 g/mol. The summed E-state index contributed by atoms with van der Waals surface area (Å²) in [7, 11) is 0. The molecular weight excluding hydrogens is 234 g/mol. The lowest BCUT2D eigenvalue weighted by atomic mass is 10.1. The van der Waals surface area contributed by atoms with Crippen LogP contribution in [0.15, 0.2) is 5.10 Å². The van der Waals surface area contributed by atoms with E-state index in [-0.39, 0.29) is 24.5 Å². The minimum absolute atomic E-state index is 0.0398. The van der Waals surface area contributed by atoms with E-state index < -0.39 is 0 Å². The SMILES string of the molecule is O=C1CCC(C(=O)N(CCO)C2CCCC2)=NN1. The Labute approximate surface area is 106 Å². The zero-order valence-electron chi connectivity index (χ0n) is 10.4. The molecule has 1 aliphatic heterocycles. The van der Waals surface area contributed by atoms with Crippen LogP contribution >= 0.6 is 0 Å². The zero-order chi connectivity index (χ0) is 13.0. The number of hydrogen-bond acceptors (Lipinski definition) is 4. The summed E-state index contributed by atoms with van der Waals surface area (Å²) in [5.41, 5.74) is 2.74. The van der Waals surface area contributed by atoms with Crippen molar-refractivity contribution in [2.24, 2.45) is 5.10 Å². The number of nitrogens with one attached hydrogen (secondary N) is 1. The van der Waals surface area contributed by atoms with E-state index in [1.165, 1.54) is 0 Å². The number of hydrogen-bond donors (Lipinski definition) is 2. The predicted molar refractivity (Wildman–Crippen MR) is 65.9 cm³/mol. The summed E-state index contributed by atoms with van der Waals surface area (Å²) in [5.74, 6) is -0.294. The van der Waals surface area contributed by atoms with E-state index >= 15 is 0 Å². The van der Waals surface area contributed by atoms with Gasteiger partial charge in [0.2, 0.25) is 5.91 Å². The monoisotopic (exact) mass is 253 g/mol. The molecule has 1 fully saturated rings. The Morgan fingerprint density at radius 3 is 2.67 bits per heavy atom. The molecule has 2 rings (SSSR count). The van der Waals surface area contributed by atoms with E-state index in [4.69, 9.17) is 5.11 Å². The highest BCUT2D eigenvalue weighted by Gasteiger charge is 2.30. The number of aliphatic hydroxyl groups excluding tert-OH is 1. The highest BCUT2D eigenvalue weighted by atomic mass is 16.3. The molecule has 18 heavy (non-hydrogen) atoms. The second kappa shape index (κ2) is 5.95. The Kier molecular flexibility index (Phi) is 4.30. The number of aliphatic hydroxyl groups is 1. The maximum absolute atomic E-state index is 12.3. The number of carbonyl (C=O) groups excluding carboxylic acids is 2. The van der Waals surface area contributed by atoms with Gasteiger partial charge >= 0.3 is 0 Å². The Hall–Kier alpha value is -1.43. The normalized spacial score (nSPS) is 20.5. The van der Waals surface area contributed by atoms with Crippen molar-refractivity contribution < 1.29 is 14.7 Å². The van der Waals surface area contributed by atoms with Crippen LogP contribution in [0.1, 0.15) is 38.5 Å². The van der Waals surface area contributed by atoms with Crippen molar-refractivity contribution in [3.05, 3.63) is 0 Å². The number of hydrazone groups is 1. The third-order valence-corrected chi connectivity index (χ3v) is 3.52. The van der Waals surface area contributed by atoms with Crippen LogP contribution in [-0.2, 0) is 9.59 Å². The molecule has 6 heteroatoms. The summed E-state index contributed by atoms with van der Waals surface area (Å²) in [6.45, 7) is 0.304. The second-order valence-electron chi connectivity index (χ2n) is 4.75. The molecule has 1 heterocycles. The molecule has 6 nitrogen and oxygen atoms in total. The fourth-order valence-corrected chi connectivity index (χ4v) is 2.57. The van der Waals surface area contributed by atoms with Crippen molar-refractivity contribution in [1.82, 2.24) is 10.3 Å². The molecule has 1 saturated carbocycles. The second-order valence-corrected chi connectivity index (χ2v) is 4.75. The van der Waals surface area contributed by atoms with E-state index in [9.17, 15) is 9.59 Å². The molecule has 0 aromatic rings.